The molecule has 2 aromatic carbocycles. The molecule has 0 radical (unpaired) electrons. The van der Waals surface area contributed by atoms with Crippen molar-refractivity contribution in [1.82, 2.24) is 4.57 Å². The molecule has 4 rings (SSSR count). The van der Waals surface area contributed by atoms with Crippen molar-refractivity contribution < 1.29 is 23.8 Å². The molecule has 5 nitrogen and oxygen atoms in total. The Labute approximate surface area is 192 Å². The van der Waals surface area contributed by atoms with E-state index in [4.69, 9.17) is 4.74 Å². The Balaban J connectivity index is 1.94. The molecule has 170 valence electrons. The molecule has 0 amide bonds. The zero-order valence-electron chi connectivity index (χ0n) is 18.6. The molecule has 1 N–H and O–H groups in total. The van der Waals surface area contributed by atoms with Crippen LogP contribution >= 0.6 is 0 Å². The van der Waals surface area contributed by atoms with Gasteiger partial charge in [0, 0.05) is 36.7 Å². The maximum absolute atomic E-state index is 13.7. The van der Waals surface area contributed by atoms with Crippen molar-refractivity contribution in [2.75, 3.05) is 0 Å². The number of aromatic nitrogens is 1. The fourth-order valence-electron chi connectivity index (χ4n) is 4.50. The predicted molar refractivity (Wildman–Crippen MR) is 125 cm³/mol. The molecule has 6 heteroatoms. The molecule has 1 aliphatic rings. The summed E-state index contributed by atoms with van der Waals surface area (Å²) in [6, 6.07) is 15.5. The number of carbonyl (C=O) groups excluding carboxylic acids is 1. The van der Waals surface area contributed by atoms with Gasteiger partial charge in [-0.2, -0.15) is 0 Å². The summed E-state index contributed by atoms with van der Waals surface area (Å²) in [4.78, 5) is 24.3. The molecular formula is C27H26FNO4. The van der Waals surface area contributed by atoms with Gasteiger partial charge in [-0.3, -0.25) is 0 Å². The third-order valence-electron chi connectivity index (χ3n) is 5.85. The van der Waals surface area contributed by atoms with Gasteiger partial charge in [-0.25, -0.2) is 14.0 Å². The summed E-state index contributed by atoms with van der Waals surface area (Å²) >= 11 is 0. The summed E-state index contributed by atoms with van der Waals surface area (Å²) in [5.74, 6) is -1.81. The second-order valence-electron chi connectivity index (χ2n) is 8.45. The van der Waals surface area contributed by atoms with Crippen LogP contribution in [0.2, 0.25) is 0 Å². The van der Waals surface area contributed by atoms with E-state index in [0.29, 0.717) is 30.6 Å². The normalized spacial score (nSPS) is 15.6. The van der Waals surface area contributed by atoms with Crippen molar-refractivity contribution in [1.29, 1.82) is 0 Å². The smallest absolute Gasteiger partial charge is 0.338 e. The second kappa shape index (κ2) is 9.45. The van der Waals surface area contributed by atoms with E-state index in [9.17, 15) is 19.1 Å². The quantitative estimate of drug-likeness (QED) is 0.448. The zero-order chi connectivity index (χ0) is 23.5. The third-order valence-corrected chi connectivity index (χ3v) is 5.85. The van der Waals surface area contributed by atoms with Gasteiger partial charge in [-0.05, 0) is 41.3 Å². The molecule has 1 unspecified atom stereocenters. The number of ether oxygens (including phenoxy) is 1. The van der Waals surface area contributed by atoms with E-state index in [1.165, 1.54) is 18.2 Å². The summed E-state index contributed by atoms with van der Waals surface area (Å²) in [5, 5.41) is 10.3. The van der Waals surface area contributed by atoms with Crippen molar-refractivity contribution >= 4 is 11.9 Å². The van der Waals surface area contributed by atoms with Crippen LogP contribution in [-0.2, 0) is 16.1 Å². The highest BCUT2D eigenvalue weighted by atomic mass is 19.1. The van der Waals surface area contributed by atoms with Crippen molar-refractivity contribution in [2.24, 2.45) is 0 Å². The van der Waals surface area contributed by atoms with Crippen molar-refractivity contribution in [3.63, 3.8) is 0 Å². The number of carboxylic acids is 1. The number of carbonyl (C=O) groups is 2. The number of nitrogens with zero attached hydrogens (tertiary/aromatic N) is 1. The van der Waals surface area contributed by atoms with Crippen LogP contribution in [0.5, 0.6) is 0 Å². The van der Waals surface area contributed by atoms with Crippen molar-refractivity contribution in [3.05, 3.63) is 83.8 Å². The molecule has 33 heavy (non-hydrogen) atoms. The number of carboxylic acid groups (broad SMARTS) is 1. The Morgan fingerprint density at radius 1 is 1.12 bits per heavy atom. The lowest BCUT2D eigenvalue weighted by atomic mass is 9.95. The number of hydrogen-bond acceptors (Lipinski definition) is 3. The van der Waals surface area contributed by atoms with Gasteiger partial charge in [0.2, 0.25) is 0 Å². The van der Waals surface area contributed by atoms with Crippen molar-refractivity contribution in [2.45, 2.75) is 45.3 Å². The van der Waals surface area contributed by atoms with E-state index in [1.807, 2.05) is 48.7 Å². The number of halogens is 1. The number of aromatic carboxylic acids is 1. The Bertz CT molecular complexity index is 1190. The van der Waals surface area contributed by atoms with Crippen LogP contribution in [-0.4, -0.2) is 27.7 Å². The lowest BCUT2D eigenvalue weighted by Gasteiger charge is -2.22. The van der Waals surface area contributed by atoms with E-state index in [-0.39, 0.29) is 29.4 Å². The third kappa shape index (κ3) is 4.60. The van der Waals surface area contributed by atoms with Crippen LogP contribution in [0.25, 0.3) is 22.4 Å². The number of cyclic esters (lactones) is 1. The summed E-state index contributed by atoms with van der Waals surface area (Å²) < 4.78 is 21.2. The predicted octanol–water partition coefficient (Wildman–Crippen LogP) is 6.04. The SMILES string of the molecule is CC(C)c1c(C(=O)O)c(-c2ccccc2)c(-c2ccc(F)cc2)n1CCC1CC=CC(=O)O1. The average molecular weight is 448 g/mol. The van der Waals surface area contributed by atoms with E-state index >= 15 is 0 Å². The van der Waals surface area contributed by atoms with Gasteiger partial charge in [-0.1, -0.05) is 50.3 Å². The van der Waals surface area contributed by atoms with Crippen LogP contribution in [0.3, 0.4) is 0 Å². The monoisotopic (exact) mass is 447 g/mol. The first-order chi connectivity index (χ1) is 15.9. The zero-order valence-corrected chi connectivity index (χ0v) is 18.6. The molecule has 0 bridgehead atoms. The van der Waals surface area contributed by atoms with Crippen LogP contribution in [0.4, 0.5) is 4.39 Å². The second-order valence-corrected chi connectivity index (χ2v) is 8.45. The standard InChI is InChI=1S/C27H26FNO4/c1-17(2)25-24(27(31)32)23(18-7-4-3-5-8-18)26(19-11-13-20(28)14-12-19)29(25)16-15-21-9-6-10-22(30)33-21/h3-8,10-14,17,21H,9,15-16H2,1-2H3,(H,31,32). The van der Waals surface area contributed by atoms with Gasteiger partial charge in [0.05, 0.1) is 11.3 Å². The summed E-state index contributed by atoms with van der Waals surface area (Å²) in [5.41, 5.74) is 3.78. The lowest BCUT2D eigenvalue weighted by molar-refractivity contribution is -0.144. The molecule has 0 saturated carbocycles. The Morgan fingerprint density at radius 3 is 2.42 bits per heavy atom. The Hall–Kier alpha value is -3.67. The molecule has 2 heterocycles. The highest BCUT2D eigenvalue weighted by Gasteiger charge is 2.30. The summed E-state index contributed by atoms with van der Waals surface area (Å²) in [6.07, 6.45) is 4.10. The number of hydrogen-bond donors (Lipinski definition) is 1. The minimum atomic E-state index is -1.01. The van der Waals surface area contributed by atoms with Crippen LogP contribution in [0, 0.1) is 5.82 Å². The van der Waals surface area contributed by atoms with Crippen LogP contribution in [0.1, 0.15) is 48.7 Å². The fraction of sp³-hybridized carbons (Fsp3) is 0.259. The van der Waals surface area contributed by atoms with E-state index in [0.717, 1.165) is 16.8 Å². The Kier molecular flexibility index (Phi) is 6.45. The molecule has 0 spiro atoms. The van der Waals surface area contributed by atoms with Gasteiger partial charge in [0.1, 0.15) is 11.9 Å². The lowest BCUT2D eigenvalue weighted by Crippen LogP contribution is -2.22. The molecule has 3 aromatic rings. The van der Waals surface area contributed by atoms with E-state index in [2.05, 4.69) is 0 Å². The minimum Gasteiger partial charge on any atom is -0.478 e. The largest absolute Gasteiger partial charge is 0.478 e. The molecule has 0 fully saturated rings. The number of esters is 1. The maximum Gasteiger partial charge on any atom is 0.338 e. The average Bonchev–Trinajstić information content (AvgIpc) is 3.14. The minimum absolute atomic E-state index is 0.0819. The molecule has 1 atom stereocenters. The first-order valence-electron chi connectivity index (χ1n) is 11.0. The van der Waals surface area contributed by atoms with Gasteiger partial charge in [-0.15, -0.1) is 0 Å². The molecule has 1 aliphatic heterocycles. The topological polar surface area (TPSA) is 68.5 Å². The van der Waals surface area contributed by atoms with E-state index in [1.54, 1.807) is 18.2 Å². The van der Waals surface area contributed by atoms with Crippen LogP contribution < -0.4 is 0 Å². The number of benzene rings is 2. The molecular weight excluding hydrogens is 421 g/mol. The van der Waals surface area contributed by atoms with Gasteiger partial charge >= 0.3 is 11.9 Å². The number of rotatable bonds is 7. The fourth-order valence-corrected chi connectivity index (χ4v) is 4.50. The molecule has 1 aromatic heterocycles. The van der Waals surface area contributed by atoms with Gasteiger partial charge in [0.15, 0.2) is 0 Å². The van der Waals surface area contributed by atoms with Crippen molar-refractivity contribution in [3.8, 4) is 22.4 Å². The van der Waals surface area contributed by atoms with E-state index < -0.39 is 5.97 Å². The van der Waals surface area contributed by atoms with Gasteiger partial charge < -0.3 is 14.4 Å². The molecule has 0 aliphatic carbocycles. The first kappa shape index (κ1) is 22.5. The van der Waals surface area contributed by atoms with Crippen LogP contribution in [0.15, 0.2) is 66.7 Å². The summed E-state index contributed by atoms with van der Waals surface area (Å²) in [7, 11) is 0. The highest BCUT2D eigenvalue weighted by molar-refractivity contribution is 6.03. The molecule has 0 saturated heterocycles. The highest BCUT2D eigenvalue weighted by Crippen LogP contribution is 2.42. The van der Waals surface area contributed by atoms with Gasteiger partial charge in [0.25, 0.3) is 0 Å². The maximum atomic E-state index is 13.7. The summed E-state index contributed by atoms with van der Waals surface area (Å²) in [6.45, 7) is 4.38. The first-order valence-corrected chi connectivity index (χ1v) is 11.0. The Morgan fingerprint density at radius 2 is 1.82 bits per heavy atom.